The van der Waals surface area contributed by atoms with Gasteiger partial charge in [-0.05, 0) is 43.0 Å². The molecule has 6 nitrogen and oxygen atoms in total. The van der Waals surface area contributed by atoms with Crippen LogP contribution in [0.1, 0.15) is 18.6 Å². The van der Waals surface area contributed by atoms with E-state index < -0.39 is 5.82 Å². The van der Waals surface area contributed by atoms with Gasteiger partial charge in [-0.3, -0.25) is 4.79 Å². The highest BCUT2D eigenvalue weighted by atomic mass is 19.1. The number of aromatic nitrogens is 1. The number of hydrogen-bond donors (Lipinski definition) is 0. The SMILES string of the molecule is O=C(Cc1ccco1)N1CC2(C1)OCCC2CCOc1ncccc1F. The predicted molar refractivity (Wildman–Crippen MR) is 90.1 cm³/mol. The second-order valence-electron chi connectivity index (χ2n) is 6.83. The van der Waals surface area contributed by atoms with Crippen molar-refractivity contribution in [3.05, 3.63) is 48.3 Å². The summed E-state index contributed by atoms with van der Waals surface area (Å²) in [5.41, 5.74) is -0.287. The molecule has 2 saturated heterocycles. The number of nitrogens with zero attached hydrogens (tertiary/aromatic N) is 2. The highest BCUT2D eigenvalue weighted by Crippen LogP contribution is 2.41. The highest BCUT2D eigenvalue weighted by molar-refractivity contribution is 5.79. The molecule has 138 valence electrons. The minimum absolute atomic E-state index is 0.0318. The van der Waals surface area contributed by atoms with Gasteiger partial charge in [-0.2, -0.15) is 0 Å². The average Bonchev–Trinajstić information content (AvgIpc) is 3.24. The monoisotopic (exact) mass is 360 g/mol. The van der Waals surface area contributed by atoms with Crippen LogP contribution in [0.25, 0.3) is 0 Å². The molecule has 2 aromatic heterocycles. The van der Waals surface area contributed by atoms with Crippen LogP contribution in [0.4, 0.5) is 4.39 Å². The summed E-state index contributed by atoms with van der Waals surface area (Å²) in [5, 5.41) is 0. The first-order chi connectivity index (χ1) is 12.7. The van der Waals surface area contributed by atoms with Gasteiger partial charge in [0.15, 0.2) is 5.82 Å². The summed E-state index contributed by atoms with van der Waals surface area (Å²) in [6.07, 6.45) is 5.02. The molecule has 2 fully saturated rings. The van der Waals surface area contributed by atoms with E-state index in [1.54, 1.807) is 23.3 Å². The zero-order valence-electron chi connectivity index (χ0n) is 14.4. The number of amides is 1. The first-order valence-corrected chi connectivity index (χ1v) is 8.84. The van der Waals surface area contributed by atoms with Gasteiger partial charge in [0, 0.05) is 12.8 Å². The van der Waals surface area contributed by atoms with Gasteiger partial charge in [-0.15, -0.1) is 0 Å². The maximum Gasteiger partial charge on any atom is 0.250 e. The number of halogens is 1. The zero-order chi connectivity index (χ0) is 18.0. The number of hydrogen-bond acceptors (Lipinski definition) is 5. The van der Waals surface area contributed by atoms with Crippen molar-refractivity contribution >= 4 is 5.91 Å². The molecule has 7 heteroatoms. The maximum atomic E-state index is 13.6. The number of carbonyl (C=O) groups excluding carboxylic acids is 1. The Balaban J connectivity index is 1.28. The van der Waals surface area contributed by atoms with Crippen molar-refractivity contribution in [3.8, 4) is 5.88 Å². The Kier molecular flexibility index (Phi) is 4.63. The van der Waals surface area contributed by atoms with Crippen LogP contribution in [-0.4, -0.2) is 47.7 Å². The Hall–Kier alpha value is -2.41. The van der Waals surface area contributed by atoms with Gasteiger partial charge in [0.1, 0.15) is 11.4 Å². The summed E-state index contributed by atoms with van der Waals surface area (Å²) in [5.74, 6) is 0.590. The largest absolute Gasteiger partial charge is 0.476 e. The Morgan fingerprint density at radius 1 is 1.38 bits per heavy atom. The molecular formula is C19H21FN2O4. The summed E-state index contributed by atoms with van der Waals surface area (Å²) in [4.78, 5) is 18.0. The molecule has 1 spiro atoms. The second-order valence-corrected chi connectivity index (χ2v) is 6.83. The zero-order valence-corrected chi connectivity index (χ0v) is 14.4. The van der Waals surface area contributed by atoms with Gasteiger partial charge in [0.25, 0.3) is 0 Å². The van der Waals surface area contributed by atoms with E-state index in [1.807, 2.05) is 0 Å². The molecule has 0 bridgehead atoms. The molecule has 0 radical (unpaired) electrons. The summed E-state index contributed by atoms with van der Waals surface area (Å²) < 4.78 is 30.2. The van der Waals surface area contributed by atoms with E-state index in [9.17, 15) is 9.18 Å². The summed E-state index contributed by atoms with van der Waals surface area (Å²) >= 11 is 0. The highest BCUT2D eigenvalue weighted by Gasteiger charge is 2.54. The third kappa shape index (κ3) is 3.31. The van der Waals surface area contributed by atoms with E-state index in [1.165, 1.54) is 18.3 Å². The standard InChI is InChI=1S/C19H21FN2O4/c20-16-4-1-7-21-18(16)25-9-5-14-6-10-26-19(14)12-22(13-19)17(23)11-15-3-2-8-24-15/h1-4,7-8,14H,5-6,9-13H2. The molecule has 4 rings (SSSR count). The lowest BCUT2D eigenvalue weighted by Crippen LogP contribution is -2.66. The Labute approximate surface area is 150 Å². The minimum Gasteiger partial charge on any atom is -0.476 e. The molecule has 2 aliphatic rings. The fraction of sp³-hybridized carbons (Fsp3) is 0.474. The first-order valence-electron chi connectivity index (χ1n) is 8.84. The lowest BCUT2D eigenvalue weighted by molar-refractivity contribution is -0.165. The summed E-state index contributed by atoms with van der Waals surface area (Å²) in [6, 6.07) is 6.44. The van der Waals surface area contributed by atoms with Gasteiger partial charge in [-0.25, -0.2) is 9.37 Å². The third-order valence-corrected chi connectivity index (χ3v) is 5.20. The van der Waals surface area contributed by atoms with Crippen LogP contribution in [0.15, 0.2) is 41.1 Å². The second kappa shape index (κ2) is 7.07. The van der Waals surface area contributed by atoms with E-state index in [0.717, 1.165) is 12.8 Å². The molecule has 1 amide bonds. The lowest BCUT2D eigenvalue weighted by atomic mass is 9.79. The lowest BCUT2D eigenvalue weighted by Gasteiger charge is -2.50. The molecule has 1 atom stereocenters. The van der Waals surface area contributed by atoms with Gasteiger partial charge >= 0.3 is 0 Å². The minimum atomic E-state index is -0.455. The smallest absolute Gasteiger partial charge is 0.250 e. The molecule has 0 saturated carbocycles. The van der Waals surface area contributed by atoms with E-state index in [4.69, 9.17) is 13.9 Å². The molecular weight excluding hydrogens is 339 g/mol. The van der Waals surface area contributed by atoms with E-state index in [-0.39, 0.29) is 23.8 Å². The Morgan fingerprint density at radius 2 is 2.27 bits per heavy atom. The maximum absolute atomic E-state index is 13.6. The third-order valence-electron chi connectivity index (χ3n) is 5.20. The fourth-order valence-corrected chi connectivity index (χ4v) is 3.77. The van der Waals surface area contributed by atoms with Crippen molar-refractivity contribution in [1.29, 1.82) is 0 Å². The molecule has 1 unspecified atom stereocenters. The van der Waals surface area contributed by atoms with Crippen molar-refractivity contribution in [2.24, 2.45) is 5.92 Å². The van der Waals surface area contributed by atoms with E-state index >= 15 is 0 Å². The molecule has 4 heterocycles. The van der Waals surface area contributed by atoms with Crippen LogP contribution >= 0.6 is 0 Å². The number of furan rings is 1. The Bertz CT molecular complexity index is 759. The Morgan fingerprint density at radius 3 is 3.04 bits per heavy atom. The van der Waals surface area contributed by atoms with Gasteiger partial charge in [0.05, 0.1) is 32.4 Å². The van der Waals surface area contributed by atoms with Crippen molar-refractivity contribution in [2.75, 3.05) is 26.3 Å². The molecule has 26 heavy (non-hydrogen) atoms. The summed E-state index contributed by atoms with van der Waals surface area (Å²) in [7, 11) is 0. The number of pyridine rings is 1. The van der Waals surface area contributed by atoms with Crippen LogP contribution in [0.2, 0.25) is 0 Å². The van der Waals surface area contributed by atoms with Crippen LogP contribution < -0.4 is 4.74 Å². The van der Waals surface area contributed by atoms with Crippen LogP contribution in [0, 0.1) is 11.7 Å². The van der Waals surface area contributed by atoms with Gasteiger partial charge in [0.2, 0.25) is 11.8 Å². The predicted octanol–water partition coefficient (Wildman–Crippen LogP) is 2.44. The summed E-state index contributed by atoms with van der Waals surface area (Å²) in [6.45, 7) is 2.25. The molecule has 2 aromatic rings. The molecule has 0 N–H and O–H groups in total. The van der Waals surface area contributed by atoms with Crippen LogP contribution in [0.5, 0.6) is 5.88 Å². The van der Waals surface area contributed by atoms with Crippen molar-refractivity contribution in [1.82, 2.24) is 9.88 Å². The van der Waals surface area contributed by atoms with Crippen LogP contribution in [-0.2, 0) is 16.0 Å². The van der Waals surface area contributed by atoms with Crippen molar-refractivity contribution < 1.29 is 23.1 Å². The molecule has 0 aliphatic carbocycles. The molecule has 0 aromatic carbocycles. The van der Waals surface area contributed by atoms with E-state index in [0.29, 0.717) is 38.0 Å². The van der Waals surface area contributed by atoms with Gasteiger partial charge < -0.3 is 18.8 Å². The van der Waals surface area contributed by atoms with Crippen LogP contribution in [0.3, 0.4) is 0 Å². The number of carbonyl (C=O) groups is 1. The van der Waals surface area contributed by atoms with Gasteiger partial charge in [-0.1, -0.05) is 0 Å². The fourth-order valence-electron chi connectivity index (χ4n) is 3.77. The topological polar surface area (TPSA) is 64.8 Å². The van der Waals surface area contributed by atoms with Crippen molar-refractivity contribution in [2.45, 2.75) is 24.9 Å². The number of likely N-dealkylation sites (tertiary alicyclic amines) is 1. The normalized spacial score (nSPS) is 21.0. The number of ether oxygens (including phenoxy) is 2. The average molecular weight is 360 g/mol. The molecule has 2 aliphatic heterocycles. The first kappa shape index (κ1) is 17.0. The number of rotatable bonds is 6. The quantitative estimate of drug-likeness (QED) is 0.792. The van der Waals surface area contributed by atoms with Crippen molar-refractivity contribution in [3.63, 3.8) is 0 Å². The van der Waals surface area contributed by atoms with E-state index in [2.05, 4.69) is 4.98 Å².